The molecule has 2 fully saturated rings. The Balaban J connectivity index is 2.17. The summed E-state index contributed by atoms with van der Waals surface area (Å²) >= 11 is 0. The topological polar surface area (TPSA) is 78.9 Å². The van der Waals surface area contributed by atoms with Gasteiger partial charge < -0.3 is 15.8 Å². The van der Waals surface area contributed by atoms with Gasteiger partial charge in [0.2, 0.25) is 5.91 Å². The molecule has 1 amide bonds. The third kappa shape index (κ3) is 1.87. The van der Waals surface area contributed by atoms with Crippen molar-refractivity contribution in [3.05, 3.63) is 0 Å². The zero-order chi connectivity index (χ0) is 12.5. The summed E-state index contributed by atoms with van der Waals surface area (Å²) < 4.78 is 0. The Bertz CT molecular complexity index is 337. The molecular formula is C12H21N3O2. The first-order chi connectivity index (χ1) is 8.12. The Morgan fingerprint density at radius 1 is 1.41 bits per heavy atom. The van der Waals surface area contributed by atoms with Crippen molar-refractivity contribution in [1.29, 1.82) is 0 Å². The lowest BCUT2D eigenvalue weighted by Gasteiger charge is -2.45. The van der Waals surface area contributed by atoms with Gasteiger partial charge in [-0.1, -0.05) is 11.6 Å². The second-order valence-corrected chi connectivity index (χ2v) is 5.26. The van der Waals surface area contributed by atoms with Gasteiger partial charge in [-0.3, -0.25) is 4.79 Å². The minimum absolute atomic E-state index is 0.0613. The fourth-order valence-corrected chi connectivity index (χ4v) is 2.88. The van der Waals surface area contributed by atoms with E-state index in [1.54, 1.807) is 0 Å². The number of oxime groups is 1. The van der Waals surface area contributed by atoms with E-state index in [0.29, 0.717) is 12.8 Å². The van der Waals surface area contributed by atoms with Crippen LogP contribution in [0.1, 0.15) is 45.4 Å². The lowest BCUT2D eigenvalue weighted by molar-refractivity contribution is -0.145. The third-order valence-electron chi connectivity index (χ3n) is 4.28. The predicted molar refractivity (Wildman–Crippen MR) is 64.7 cm³/mol. The van der Waals surface area contributed by atoms with Crippen molar-refractivity contribution in [2.75, 3.05) is 6.54 Å². The molecular weight excluding hydrogens is 218 g/mol. The predicted octanol–water partition coefficient (Wildman–Crippen LogP) is 1.30. The molecule has 2 aliphatic rings. The first-order valence-electron chi connectivity index (χ1n) is 6.41. The summed E-state index contributed by atoms with van der Waals surface area (Å²) in [6.07, 6.45) is 5.70. The maximum absolute atomic E-state index is 12.6. The Morgan fingerprint density at radius 2 is 2.12 bits per heavy atom. The minimum atomic E-state index is -0.708. The van der Waals surface area contributed by atoms with Gasteiger partial charge in [-0.25, -0.2) is 0 Å². The number of likely N-dealkylation sites (tertiary alicyclic amines) is 1. The minimum Gasteiger partial charge on any atom is -0.409 e. The van der Waals surface area contributed by atoms with Crippen LogP contribution < -0.4 is 5.73 Å². The standard InChI is InChI=1S/C12H21N3O2/c1-9-5-2-3-8-15(9)11(16)12(6-4-7-12)10(13)14-17/h9,17H,2-8H2,1H3,(H2,13,14). The van der Waals surface area contributed by atoms with E-state index in [-0.39, 0.29) is 17.8 Å². The van der Waals surface area contributed by atoms with Gasteiger partial charge in [-0.2, -0.15) is 0 Å². The Hall–Kier alpha value is -1.26. The normalized spacial score (nSPS) is 28.6. The van der Waals surface area contributed by atoms with Gasteiger partial charge in [0.05, 0.1) is 0 Å². The van der Waals surface area contributed by atoms with E-state index in [9.17, 15) is 4.79 Å². The van der Waals surface area contributed by atoms with Crippen LogP contribution in [0, 0.1) is 5.41 Å². The molecule has 2 rings (SSSR count). The zero-order valence-corrected chi connectivity index (χ0v) is 10.4. The van der Waals surface area contributed by atoms with Crippen molar-refractivity contribution < 1.29 is 10.0 Å². The number of carbonyl (C=O) groups excluding carboxylic acids is 1. The van der Waals surface area contributed by atoms with Gasteiger partial charge in [-0.05, 0) is 39.0 Å². The van der Waals surface area contributed by atoms with Crippen molar-refractivity contribution in [2.24, 2.45) is 16.3 Å². The third-order valence-corrected chi connectivity index (χ3v) is 4.28. The number of rotatable bonds is 2. The zero-order valence-electron chi connectivity index (χ0n) is 10.4. The Kier molecular flexibility index (Phi) is 3.26. The van der Waals surface area contributed by atoms with Crippen LogP contribution in [-0.2, 0) is 4.79 Å². The van der Waals surface area contributed by atoms with Crippen LogP contribution in [0.4, 0.5) is 0 Å². The van der Waals surface area contributed by atoms with E-state index < -0.39 is 5.41 Å². The molecule has 96 valence electrons. The van der Waals surface area contributed by atoms with Crippen molar-refractivity contribution in [2.45, 2.75) is 51.5 Å². The molecule has 1 saturated heterocycles. The summed E-state index contributed by atoms with van der Waals surface area (Å²) in [5.41, 5.74) is 5.01. The lowest BCUT2D eigenvalue weighted by Crippen LogP contribution is -2.57. The number of piperidine rings is 1. The molecule has 3 N–H and O–H groups in total. The number of hydrogen-bond donors (Lipinski definition) is 2. The van der Waals surface area contributed by atoms with Gasteiger partial charge in [0, 0.05) is 12.6 Å². The first-order valence-corrected chi connectivity index (χ1v) is 6.41. The van der Waals surface area contributed by atoms with Crippen molar-refractivity contribution in [3.8, 4) is 0 Å². The fourth-order valence-electron chi connectivity index (χ4n) is 2.88. The van der Waals surface area contributed by atoms with E-state index in [4.69, 9.17) is 10.9 Å². The molecule has 0 aromatic heterocycles. The van der Waals surface area contributed by atoms with Gasteiger partial charge in [0.15, 0.2) is 5.84 Å². The monoisotopic (exact) mass is 239 g/mol. The van der Waals surface area contributed by atoms with Crippen LogP contribution in [-0.4, -0.2) is 34.4 Å². The Labute approximate surface area is 102 Å². The van der Waals surface area contributed by atoms with Crippen LogP contribution in [0.3, 0.4) is 0 Å². The van der Waals surface area contributed by atoms with E-state index in [2.05, 4.69) is 12.1 Å². The van der Waals surface area contributed by atoms with Crippen LogP contribution in [0.2, 0.25) is 0 Å². The van der Waals surface area contributed by atoms with Crippen molar-refractivity contribution >= 4 is 11.7 Å². The quantitative estimate of drug-likeness (QED) is 0.330. The molecule has 0 aromatic rings. The number of carbonyl (C=O) groups is 1. The van der Waals surface area contributed by atoms with Crippen LogP contribution >= 0.6 is 0 Å². The molecule has 1 aliphatic carbocycles. The smallest absolute Gasteiger partial charge is 0.236 e. The molecule has 0 radical (unpaired) electrons. The summed E-state index contributed by atoms with van der Waals surface area (Å²) in [4.78, 5) is 14.5. The number of nitrogens with two attached hydrogens (primary N) is 1. The summed E-state index contributed by atoms with van der Waals surface area (Å²) in [5, 5.41) is 11.9. The van der Waals surface area contributed by atoms with Gasteiger partial charge >= 0.3 is 0 Å². The van der Waals surface area contributed by atoms with Crippen molar-refractivity contribution in [1.82, 2.24) is 4.90 Å². The average molecular weight is 239 g/mol. The summed E-state index contributed by atoms with van der Waals surface area (Å²) in [7, 11) is 0. The van der Waals surface area contributed by atoms with E-state index in [1.165, 1.54) is 6.42 Å². The van der Waals surface area contributed by atoms with Crippen LogP contribution in [0.5, 0.6) is 0 Å². The first kappa shape index (κ1) is 12.2. The molecule has 5 heteroatoms. The van der Waals surface area contributed by atoms with E-state index in [0.717, 1.165) is 25.8 Å². The summed E-state index contributed by atoms with van der Waals surface area (Å²) in [6, 6.07) is 0.278. The molecule has 0 aromatic carbocycles. The molecule has 1 heterocycles. The maximum atomic E-state index is 12.6. The van der Waals surface area contributed by atoms with Gasteiger partial charge in [-0.15, -0.1) is 0 Å². The van der Waals surface area contributed by atoms with Gasteiger partial charge in [0.1, 0.15) is 5.41 Å². The highest BCUT2D eigenvalue weighted by Gasteiger charge is 2.51. The Morgan fingerprint density at radius 3 is 2.59 bits per heavy atom. The molecule has 0 spiro atoms. The summed E-state index contributed by atoms with van der Waals surface area (Å²) in [5.74, 6) is 0.151. The number of hydrogen-bond acceptors (Lipinski definition) is 3. The highest BCUT2D eigenvalue weighted by Crippen LogP contribution is 2.43. The largest absolute Gasteiger partial charge is 0.409 e. The lowest BCUT2D eigenvalue weighted by atomic mass is 9.66. The van der Waals surface area contributed by atoms with Crippen molar-refractivity contribution in [3.63, 3.8) is 0 Å². The van der Waals surface area contributed by atoms with E-state index in [1.807, 2.05) is 4.90 Å². The van der Waals surface area contributed by atoms with Crippen LogP contribution in [0.15, 0.2) is 5.16 Å². The average Bonchev–Trinajstić information content (AvgIpc) is 2.27. The molecule has 1 saturated carbocycles. The number of nitrogens with zero attached hydrogens (tertiary/aromatic N) is 2. The molecule has 1 atom stereocenters. The van der Waals surface area contributed by atoms with Crippen LogP contribution in [0.25, 0.3) is 0 Å². The molecule has 0 bridgehead atoms. The SMILES string of the molecule is CC1CCCCN1C(=O)C1(C(N)=NO)CCC1. The fraction of sp³-hybridized carbons (Fsp3) is 0.833. The summed E-state index contributed by atoms with van der Waals surface area (Å²) in [6.45, 7) is 2.89. The maximum Gasteiger partial charge on any atom is 0.236 e. The number of amides is 1. The second-order valence-electron chi connectivity index (χ2n) is 5.26. The van der Waals surface area contributed by atoms with Gasteiger partial charge in [0.25, 0.3) is 0 Å². The highest BCUT2D eigenvalue weighted by atomic mass is 16.4. The highest BCUT2D eigenvalue weighted by molar-refractivity contribution is 6.07. The second kappa shape index (κ2) is 4.55. The molecule has 1 unspecified atom stereocenters. The van der Waals surface area contributed by atoms with E-state index >= 15 is 0 Å². The molecule has 17 heavy (non-hydrogen) atoms. The number of amidine groups is 1. The molecule has 1 aliphatic heterocycles. The molecule has 5 nitrogen and oxygen atoms in total.